The Bertz CT molecular complexity index is 271. The van der Waals surface area contributed by atoms with Crippen molar-refractivity contribution in [3.8, 4) is 6.07 Å². The molecule has 90 valence electrons. The van der Waals surface area contributed by atoms with Crippen LogP contribution in [0, 0.1) is 17.2 Å². The Morgan fingerprint density at radius 3 is 2.75 bits per heavy atom. The molecule has 1 heterocycles. The summed E-state index contributed by atoms with van der Waals surface area (Å²) in [6.45, 7) is 2.40. The molecule has 1 aliphatic heterocycles. The van der Waals surface area contributed by atoms with Gasteiger partial charge in [0.2, 0.25) is 0 Å². The molecule has 1 saturated heterocycles. The molecule has 1 saturated carbocycles. The highest BCUT2D eigenvalue weighted by Crippen LogP contribution is 2.31. The normalized spacial score (nSPS) is 36.5. The third-order valence-corrected chi connectivity index (χ3v) is 4.34. The van der Waals surface area contributed by atoms with Crippen LogP contribution in [0.5, 0.6) is 0 Å². The lowest BCUT2D eigenvalue weighted by Gasteiger charge is -2.39. The summed E-state index contributed by atoms with van der Waals surface area (Å²) < 4.78 is 0. The highest BCUT2D eigenvalue weighted by Gasteiger charge is 2.34. The van der Waals surface area contributed by atoms with Crippen LogP contribution in [-0.4, -0.2) is 49.1 Å². The molecule has 3 nitrogen and oxygen atoms in total. The van der Waals surface area contributed by atoms with E-state index >= 15 is 0 Å². The van der Waals surface area contributed by atoms with Crippen LogP contribution in [-0.2, 0) is 0 Å². The second kappa shape index (κ2) is 5.16. The Labute approximate surface area is 99.0 Å². The van der Waals surface area contributed by atoms with E-state index in [0.717, 1.165) is 6.42 Å². The molecule has 0 spiro atoms. The van der Waals surface area contributed by atoms with Gasteiger partial charge in [0.25, 0.3) is 0 Å². The standard InChI is InChI=1S/C13H23N3/c1-15-8-4-6-12(10-15)16(2)13-7-3-5-11(13)9-14/h11-13H,3-8,10H2,1-2H3. The second-order valence-electron chi connectivity index (χ2n) is 5.46. The van der Waals surface area contributed by atoms with Crippen molar-refractivity contribution in [3.05, 3.63) is 0 Å². The lowest BCUT2D eigenvalue weighted by molar-refractivity contribution is 0.0907. The fourth-order valence-electron chi connectivity index (χ4n) is 3.32. The number of hydrogen-bond acceptors (Lipinski definition) is 3. The van der Waals surface area contributed by atoms with E-state index < -0.39 is 0 Å². The summed E-state index contributed by atoms with van der Waals surface area (Å²) in [5.74, 6) is 0.275. The van der Waals surface area contributed by atoms with Gasteiger partial charge in [0.1, 0.15) is 0 Å². The number of likely N-dealkylation sites (tertiary alicyclic amines) is 1. The van der Waals surface area contributed by atoms with Crippen LogP contribution in [0.1, 0.15) is 32.1 Å². The first-order chi connectivity index (χ1) is 7.72. The van der Waals surface area contributed by atoms with E-state index in [-0.39, 0.29) is 5.92 Å². The van der Waals surface area contributed by atoms with Crippen molar-refractivity contribution in [3.63, 3.8) is 0 Å². The van der Waals surface area contributed by atoms with Crippen molar-refractivity contribution in [2.24, 2.45) is 5.92 Å². The quantitative estimate of drug-likeness (QED) is 0.711. The van der Waals surface area contributed by atoms with Crippen molar-refractivity contribution >= 4 is 0 Å². The largest absolute Gasteiger partial charge is 0.305 e. The molecule has 0 bridgehead atoms. The highest BCUT2D eigenvalue weighted by atomic mass is 15.2. The summed E-state index contributed by atoms with van der Waals surface area (Å²) in [4.78, 5) is 4.91. The molecule has 3 atom stereocenters. The Morgan fingerprint density at radius 2 is 2.06 bits per heavy atom. The first-order valence-electron chi connectivity index (χ1n) is 6.52. The Balaban J connectivity index is 1.95. The molecule has 0 radical (unpaired) electrons. The third kappa shape index (κ3) is 2.39. The van der Waals surface area contributed by atoms with E-state index in [1.165, 1.54) is 38.8 Å². The third-order valence-electron chi connectivity index (χ3n) is 4.34. The summed E-state index contributed by atoms with van der Waals surface area (Å²) in [7, 11) is 4.43. The minimum Gasteiger partial charge on any atom is -0.305 e. The molecule has 2 rings (SSSR count). The van der Waals surface area contributed by atoms with Gasteiger partial charge in [0.15, 0.2) is 0 Å². The van der Waals surface area contributed by atoms with Crippen molar-refractivity contribution < 1.29 is 0 Å². The smallest absolute Gasteiger partial charge is 0.0672 e. The van der Waals surface area contributed by atoms with E-state index in [0.29, 0.717) is 12.1 Å². The molecule has 3 unspecified atom stereocenters. The van der Waals surface area contributed by atoms with Gasteiger partial charge in [-0.05, 0) is 46.3 Å². The molecular formula is C13H23N3. The molecule has 0 aromatic heterocycles. The molecule has 0 N–H and O–H groups in total. The number of likely N-dealkylation sites (N-methyl/N-ethyl adjacent to an activating group) is 2. The molecule has 2 aliphatic rings. The molecule has 0 aromatic rings. The number of nitriles is 1. The van der Waals surface area contributed by atoms with Gasteiger partial charge in [-0.15, -0.1) is 0 Å². The van der Waals surface area contributed by atoms with Crippen LogP contribution in [0.3, 0.4) is 0 Å². The monoisotopic (exact) mass is 221 g/mol. The van der Waals surface area contributed by atoms with E-state index in [9.17, 15) is 0 Å². The lowest BCUT2D eigenvalue weighted by Crippen LogP contribution is -2.49. The molecular weight excluding hydrogens is 198 g/mol. The minimum atomic E-state index is 0.275. The van der Waals surface area contributed by atoms with Gasteiger partial charge in [-0.2, -0.15) is 5.26 Å². The number of hydrogen-bond donors (Lipinski definition) is 0. The van der Waals surface area contributed by atoms with E-state index in [2.05, 4.69) is 30.0 Å². The van der Waals surface area contributed by atoms with Crippen LogP contribution >= 0.6 is 0 Å². The van der Waals surface area contributed by atoms with Gasteiger partial charge in [-0.25, -0.2) is 0 Å². The summed E-state index contributed by atoms with van der Waals surface area (Å²) in [6, 6.07) is 3.67. The maximum atomic E-state index is 9.15. The molecule has 3 heteroatoms. The Morgan fingerprint density at radius 1 is 1.25 bits per heavy atom. The molecule has 1 aliphatic carbocycles. The van der Waals surface area contributed by atoms with Gasteiger partial charge < -0.3 is 4.90 Å². The van der Waals surface area contributed by atoms with Crippen molar-refractivity contribution in [1.29, 1.82) is 5.26 Å². The fourth-order valence-corrected chi connectivity index (χ4v) is 3.32. The number of nitrogens with zero attached hydrogens (tertiary/aromatic N) is 3. The summed E-state index contributed by atoms with van der Waals surface area (Å²) >= 11 is 0. The van der Waals surface area contributed by atoms with Gasteiger partial charge in [0, 0.05) is 18.6 Å². The molecule has 16 heavy (non-hydrogen) atoms. The van der Waals surface area contributed by atoms with Crippen LogP contribution in [0.15, 0.2) is 0 Å². The molecule has 0 aromatic carbocycles. The molecule has 2 fully saturated rings. The maximum absolute atomic E-state index is 9.15. The van der Waals surface area contributed by atoms with E-state index in [1.54, 1.807) is 0 Å². The van der Waals surface area contributed by atoms with Gasteiger partial charge in [-0.3, -0.25) is 4.90 Å². The predicted molar refractivity (Wildman–Crippen MR) is 65.0 cm³/mol. The topological polar surface area (TPSA) is 30.3 Å². The van der Waals surface area contributed by atoms with Crippen LogP contribution < -0.4 is 0 Å². The zero-order valence-corrected chi connectivity index (χ0v) is 10.5. The van der Waals surface area contributed by atoms with Gasteiger partial charge in [-0.1, -0.05) is 6.42 Å². The summed E-state index contributed by atoms with van der Waals surface area (Å²) in [5.41, 5.74) is 0. The predicted octanol–water partition coefficient (Wildman–Crippen LogP) is 1.70. The summed E-state index contributed by atoms with van der Waals surface area (Å²) in [6.07, 6.45) is 6.16. The van der Waals surface area contributed by atoms with Gasteiger partial charge in [0.05, 0.1) is 12.0 Å². The Kier molecular flexibility index (Phi) is 3.83. The SMILES string of the molecule is CN1CCCC(N(C)C2CCCC2C#N)C1. The van der Waals surface area contributed by atoms with Gasteiger partial charge >= 0.3 is 0 Å². The average molecular weight is 221 g/mol. The molecule has 0 amide bonds. The zero-order valence-electron chi connectivity index (χ0n) is 10.5. The Hall–Kier alpha value is -0.590. The van der Waals surface area contributed by atoms with Crippen LogP contribution in [0.2, 0.25) is 0 Å². The van der Waals surface area contributed by atoms with E-state index in [1.807, 2.05) is 0 Å². The maximum Gasteiger partial charge on any atom is 0.0672 e. The first kappa shape index (κ1) is 11.9. The minimum absolute atomic E-state index is 0.275. The first-order valence-corrected chi connectivity index (χ1v) is 6.52. The number of rotatable bonds is 2. The fraction of sp³-hybridized carbons (Fsp3) is 0.923. The summed E-state index contributed by atoms with van der Waals surface area (Å²) in [5, 5.41) is 9.15. The zero-order chi connectivity index (χ0) is 11.5. The second-order valence-corrected chi connectivity index (χ2v) is 5.46. The lowest BCUT2D eigenvalue weighted by atomic mass is 9.98. The highest BCUT2D eigenvalue weighted by molar-refractivity contribution is 4.98. The van der Waals surface area contributed by atoms with Crippen LogP contribution in [0.4, 0.5) is 0 Å². The van der Waals surface area contributed by atoms with Crippen molar-refractivity contribution in [2.75, 3.05) is 27.2 Å². The van der Waals surface area contributed by atoms with Crippen LogP contribution in [0.25, 0.3) is 0 Å². The number of piperidine rings is 1. The average Bonchev–Trinajstić information content (AvgIpc) is 2.76. The van der Waals surface area contributed by atoms with E-state index in [4.69, 9.17) is 5.26 Å². The van der Waals surface area contributed by atoms with Crippen molar-refractivity contribution in [2.45, 2.75) is 44.2 Å². The van der Waals surface area contributed by atoms with Crippen molar-refractivity contribution in [1.82, 2.24) is 9.80 Å².